The van der Waals surface area contributed by atoms with Gasteiger partial charge in [-0.25, -0.2) is 9.97 Å². The molecule has 6 heteroatoms. The number of halogens is 1. The van der Waals surface area contributed by atoms with Crippen molar-refractivity contribution < 1.29 is 4.79 Å². The summed E-state index contributed by atoms with van der Waals surface area (Å²) in [6, 6.07) is 7.48. The number of hydrogen-bond acceptors (Lipinski definition) is 4. The van der Waals surface area contributed by atoms with Crippen molar-refractivity contribution >= 4 is 40.1 Å². The van der Waals surface area contributed by atoms with Gasteiger partial charge in [0, 0.05) is 22.2 Å². The lowest BCUT2D eigenvalue weighted by Gasteiger charge is -2.18. The lowest BCUT2D eigenvalue weighted by atomic mass is 10.2. The molecular formula is C17H19IN4O. The second-order valence-corrected chi connectivity index (χ2v) is 6.97. The Bertz CT molecular complexity index is 701. The molecule has 0 unspecified atom stereocenters. The van der Waals surface area contributed by atoms with Crippen LogP contribution in [-0.4, -0.2) is 29.0 Å². The van der Waals surface area contributed by atoms with Crippen LogP contribution in [0.1, 0.15) is 34.6 Å². The number of benzene rings is 1. The van der Waals surface area contributed by atoms with E-state index in [0.29, 0.717) is 11.3 Å². The second kappa shape index (κ2) is 6.82. The number of carbonyl (C=O) groups excluding carboxylic acids is 1. The Morgan fingerprint density at radius 2 is 1.65 bits per heavy atom. The van der Waals surface area contributed by atoms with E-state index in [9.17, 15) is 4.79 Å². The van der Waals surface area contributed by atoms with Crippen molar-refractivity contribution in [1.82, 2.24) is 9.97 Å². The van der Waals surface area contributed by atoms with E-state index in [2.05, 4.69) is 42.8 Å². The first kappa shape index (κ1) is 16.2. The smallest absolute Gasteiger partial charge is 0.255 e. The number of amides is 1. The van der Waals surface area contributed by atoms with Crippen LogP contribution in [-0.2, 0) is 0 Å². The summed E-state index contributed by atoms with van der Waals surface area (Å²) in [6.07, 6.45) is 2.37. The Morgan fingerprint density at radius 1 is 1.09 bits per heavy atom. The molecule has 1 fully saturated rings. The summed E-state index contributed by atoms with van der Waals surface area (Å²) in [5.74, 6) is 0.634. The highest BCUT2D eigenvalue weighted by molar-refractivity contribution is 14.1. The zero-order valence-corrected chi connectivity index (χ0v) is 15.4. The van der Waals surface area contributed by atoms with Gasteiger partial charge in [0.25, 0.3) is 5.91 Å². The Labute approximate surface area is 149 Å². The minimum Gasteiger partial charge on any atom is -0.341 e. The van der Waals surface area contributed by atoms with E-state index < -0.39 is 0 Å². The summed E-state index contributed by atoms with van der Waals surface area (Å²) in [5, 5.41) is 2.95. The maximum absolute atomic E-state index is 12.4. The van der Waals surface area contributed by atoms with Crippen molar-refractivity contribution in [2.75, 3.05) is 23.3 Å². The van der Waals surface area contributed by atoms with E-state index >= 15 is 0 Å². The van der Waals surface area contributed by atoms with Gasteiger partial charge in [0.05, 0.1) is 17.1 Å². The van der Waals surface area contributed by atoms with E-state index in [1.807, 2.05) is 38.1 Å². The molecule has 2 aromatic rings. The van der Waals surface area contributed by atoms with E-state index in [0.717, 1.165) is 34.0 Å². The molecule has 1 aliphatic rings. The van der Waals surface area contributed by atoms with Crippen LogP contribution in [0.15, 0.2) is 24.3 Å². The first-order valence-corrected chi connectivity index (χ1v) is 8.79. The summed E-state index contributed by atoms with van der Waals surface area (Å²) in [7, 11) is 0. The van der Waals surface area contributed by atoms with Gasteiger partial charge in [-0.3, -0.25) is 4.79 Å². The predicted molar refractivity (Wildman–Crippen MR) is 100 cm³/mol. The molecule has 1 aliphatic heterocycles. The molecule has 5 nitrogen and oxygen atoms in total. The van der Waals surface area contributed by atoms with Crippen LogP contribution in [0.4, 0.5) is 11.6 Å². The molecule has 120 valence electrons. The number of hydrogen-bond donors (Lipinski definition) is 1. The van der Waals surface area contributed by atoms with Gasteiger partial charge >= 0.3 is 0 Å². The van der Waals surface area contributed by atoms with Crippen LogP contribution in [0.3, 0.4) is 0 Å². The molecule has 3 rings (SSSR count). The molecule has 0 radical (unpaired) electrons. The lowest BCUT2D eigenvalue weighted by Crippen LogP contribution is -2.22. The van der Waals surface area contributed by atoms with Crippen LogP contribution in [0.25, 0.3) is 0 Å². The number of rotatable bonds is 3. The number of carbonyl (C=O) groups is 1. The van der Waals surface area contributed by atoms with Crippen molar-refractivity contribution in [2.45, 2.75) is 26.7 Å². The third-order valence-corrected chi connectivity index (χ3v) is 4.71. The highest BCUT2D eigenvalue weighted by Gasteiger charge is 2.18. The topological polar surface area (TPSA) is 58.1 Å². The van der Waals surface area contributed by atoms with Gasteiger partial charge < -0.3 is 10.2 Å². The minimum atomic E-state index is -0.134. The second-order valence-electron chi connectivity index (χ2n) is 5.72. The van der Waals surface area contributed by atoms with E-state index in [-0.39, 0.29) is 5.91 Å². The normalized spacial score (nSPS) is 14.1. The molecule has 0 bridgehead atoms. The monoisotopic (exact) mass is 422 g/mol. The van der Waals surface area contributed by atoms with Crippen LogP contribution in [0.2, 0.25) is 0 Å². The van der Waals surface area contributed by atoms with Crippen molar-refractivity contribution in [3.8, 4) is 0 Å². The van der Waals surface area contributed by atoms with Gasteiger partial charge in [-0.2, -0.15) is 0 Å². The molecule has 23 heavy (non-hydrogen) atoms. The number of nitrogens with zero attached hydrogens (tertiary/aromatic N) is 3. The maximum Gasteiger partial charge on any atom is 0.255 e. The molecule has 0 aliphatic carbocycles. The predicted octanol–water partition coefficient (Wildman–Crippen LogP) is 3.55. The van der Waals surface area contributed by atoms with Crippen molar-refractivity contribution in [1.29, 1.82) is 0 Å². The van der Waals surface area contributed by atoms with Gasteiger partial charge in [-0.05, 0) is 73.5 Å². The first-order chi connectivity index (χ1) is 11.0. The Morgan fingerprint density at radius 3 is 2.22 bits per heavy atom. The van der Waals surface area contributed by atoms with Gasteiger partial charge in [-0.15, -0.1) is 0 Å². The van der Waals surface area contributed by atoms with Crippen LogP contribution in [0.5, 0.6) is 0 Å². The van der Waals surface area contributed by atoms with Crippen LogP contribution < -0.4 is 10.2 Å². The highest BCUT2D eigenvalue weighted by Crippen LogP contribution is 2.23. The summed E-state index contributed by atoms with van der Waals surface area (Å²) in [4.78, 5) is 23.7. The fourth-order valence-corrected chi connectivity index (χ4v) is 3.08. The maximum atomic E-state index is 12.4. The third kappa shape index (κ3) is 3.63. The quantitative estimate of drug-likeness (QED) is 0.769. The zero-order valence-electron chi connectivity index (χ0n) is 13.3. The number of aryl methyl sites for hydroxylation is 2. The van der Waals surface area contributed by atoms with E-state index in [1.54, 1.807) is 0 Å². The summed E-state index contributed by atoms with van der Waals surface area (Å²) < 4.78 is 1.10. The van der Waals surface area contributed by atoms with Crippen molar-refractivity contribution in [3.63, 3.8) is 0 Å². The highest BCUT2D eigenvalue weighted by atomic mass is 127. The Hall–Kier alpha value is -1.70. The molecule has 1 N–H and O–H groups in total. The molecule has 0 saturated carbocycles. The fourth-order valence-electron chi connectivity index (χ4n) is 2.73. The molecule has 0 atom stereocenters. The van der Waals surface area contributed by atoms with E-state index in [4.69, 9.17) is 0 Å². The van der Waals surface area contributed by atoms with Crippen LogP contribution >= 0.6 is 22.6 Å². The molecule has 0 spiro atoms. The average molecular weight is 422 g/mol. The molecule has 1 saturated heterocycles. The summed E-state index contributed by atoms with van der Waals surface area (Å²) in [6.45, 7) is 5.84. The Kier molecular flexibility index (Phi) is 4.79. The van der Waals surface area contributed by atoms with Gasteiger partial charge in [0.15, 0.2) is 0 Å². The summed E-state index contributed by atoms with van der Waals surface area (Å²) >= 11 is 2.22. The lowest BCUT2D eigenvalue weighted by molar-refractivity contribution is 0.102. The van der Waals surface area contributed by atoms with Gasteiger partial charge in [0.1, 0.15) is 0 Å². The number of anilines is 2. The molecule has 1 aromatic carbocycles. The molecule has 2 heterocycles. The van der Waals surface area contributed by atoms with Crippen molar-refractivity contribution in [3.05, 3.63) is 44.8 Å². The summed E-state index contributed by atoms with van der Waals surface area (Å²) in [5.41, 5.74) is 2.95. The largest absolute Gasteiger partial charge is 0.341 e. The third-order valence-electron chi connectivity index (χ3n) is 3.99. The molecule has 1 amide bonds. The van der Waals surface area contributed by atoms with Gasteiger partial charge in [0.2, 0.25) is 5.95 Å². The van der Waals surface area contributed by atoms with Gasteiger partial charge in [-0.1, -0.05) is 0 Å². The standard InChI is InChI=1S/C17H19IN4O/c1-11-15(21-16(23)13-5-7-14(18)8-6-13)12(2)20-17(19-11)22-9-3-4-10-22/h5-8H,3-4,9-10H2,1-2H3,(H,21,23). The van der Waals surface area contributed by atoms with Crippen LogP contribution in [0, 0.1) is 17.4 Å². The van der Waals surface area contributed by atoms with E-state index in [1.165, 1.54) is 12.8 Å². The Balaban J connectivity index is 1.82. The number of nitrogens with one attached hydrogen (secondary N) is 1. The molecular weight excluding hydrogens is 403 g/mol. The van der Waals surface area contributed by atoms with Crippen molar-refractivity contribution in [2.24, 2.45) is 0 Å². The minimum absolute atomic E-state index is 0.134. The SMILES string of the molecule is Cc1nc(N2CCCC2)nc(C)c1NC(=O)c1ccc(I)cc1. The zero-order chi connectivity index (χ0) is 16.4. The first-order valence-electron chi connectivity index (χ1n) is 7.71. The molecule has 1 aromatic heterocycles. The fraction of sp³-hybridized carbons (Fsp3) is 0.353. The number of aromatic nitrogens is 2. The average Bonchev–Trinajstić information content (AvgIpc) is 3.05.